The number of rotatable bonds is 2. The van der Waals surface area contributed by atoms with Crippen molar-refractivity contribution in [3.05, 3.63) is 46.6 Å². The molecule has 0 radical (unpaired) electrons. The fourth-order valence-electron chi connectivity index (χ4n) is 1.49. The van der Waals surface area contributed by atoms with Gasteiger partial charge in [-0.15, -0.1) is 0 Å². The molecule has 0 aliphatic carbocycles. The van der Waals surface area contributed by atoms with Crippen LogP contribution in [-0.2, 0) is 0 Å². The van der Waals surface area contributed by atoms with Gasteiger partial charge in [-0.1, -0.05) is 34.1 Å². The van der Waals surface area contributed by atoms with E-state index in [9.17, 15) is 4.79 Å². The molecule has 5 heteroatoms. The third-order valence-electron chi connectivity index (χ3n) is 2.33. The van der Waals surface area contributed by atoms with E-state index in [0.717, 1.165) is 10.0 Å². The van der Waals surface area contributed by atoms with Crippen LogP contribution in [0.25, 0.3) is 11.1 Å². The van der Waals surface area contributed by atoms with E-state index >= 15 is 0 Å². The van der Waals surface area contributed by atoms with Crippen LogP contribution in [0.4, 0.5) is 5.82 Å². The molecule has 2 rings (SSSR count). The molecule has 2 aromatic rings. The first-order valence-corrected chi connectivity index (χ1v) is 5.62. The summed E-state index contributed by atoms with van der Waals surface area (Å²) < 4.78 is 0.878. The topological polar surface area (TPSA) is 76.2 Å². The average Bonchev–Trinajstić information content (AvgIpc) is 2.30. The number of aromatic nitrogens is 1. The van der Waals surface area contributed by atoms with E-state index in [1.54, 1.807) is 6.20 Å². The maximum atomic E-state index is 11.0. The summed E-state index contributed by atoms with van der Waals surface area (Å²) in [5.41, 5.74) is 7.10. The highest BCUT2D eigenvalue weighted by molar-refractivity contribution is 9.10. The minimum absolute atomic E-state index is 0.0123. The Morgan fingerprint density at radius 3 is 2.71 bits per heavy atom. The Kier molecular flexibility index (Phi) is 3.10. The second-order valence-electron chi connectivity index (χ2n) is 3.44. The number of aromatic carboxylic acids is 1. The third kappa shape index (κ3) is 2.29. The van der Waals surface area contributed by atoms with Crippen molar-refractivity contribution >= 4 is 27.7 Å². The van der Waals surface area contributed by atoms with Crippen LogP contribution in [0.1, 0.15) is 10.4 Å². The summed E-state index contributed by atoms with van der Waals surface area (Å²) in [7, 11) is 0. The summed E-state index contributed by atoms with van der Waals surface area (Å²) in [6.07, 6.45) is 1.56. The van der Waals surface area contributed by atoms with Gasteiger partial charge in [-0.25, -0.2) is 9.78 Å². The first-order valence-electron chi connectivity index (χ1n) is 4.83. The number of hydrogen-bond donors (Lipinski definition) is 2. The van der Waals surface area contributed by atoms with Gasteiger partial charge in [0.15, 0.2) is 0 Å². The number of carboxylic acid groups (broad SMARTS) is 1. The van der Waals surface area contributed by atoms with Crippen molar-refractivity contribution in [2.75, 3.05) is 5.73 Å². The molecule has 0 amide bonds. The third-order valence-corrected chi connectivity index (χ3v) is 3.03. The number of carboxylic acids is 1. The Bertz CT molecular complexity index is 584. The van der Waals surface area contributed by atoms with Gasteiger partial charge in [-0.05, 0) is 17.7 Å². The molecular formula is C12H9BrN2O2. The largest absolute Gasteiger partial charge is 0.478 e. The number of carbonyl (C=O) groups is 1. The molecule has 0 atom stereocenters. The zero-order valence-electron chi connectivity index (χ0n) is 8.72. The van der Waals surface area contributed by atoms with Crippen LogP contribution < -0.4 is 5.73 Å². The molecule has 0 unspecified atom stereocenters. The van der Waals surface area contributed by atoms with Gasteiger partial charge in [-0.3, -0.25) is 0 Å². The van der Waals surface area contributed by atoms with E-state index in [1.165, 1.54) is 6.07 Å². The number of anilines is 1. The summed E-state index contributed by atoms with van der Waals surface area (Å²) >= 11 is 3.41. The van der Waals surface area contributed by atoms with Crippen LogP contribution in [0.2, 0.25) is 0 Å². The molecule has 0 saturated heterocycles. The van der Waals surface area contributed by atoms with Crippen molar-refractivity contribution in [1.82, 2.24) is 4.98 Å². The van der Waals surface area contributed by atoms with Gasteiger partial charge in [0.2, 0.25) is 0 Å². The lowest BCUT2D eigenvalue weighted by molar-refractivity contribution is 0.0698. The zero-order chi connectivity index (χ0) is 12.4. The molecule has 86 valence electrons. The van der Waals surface area contributed by atoms with Crippen LogP contribution in [0, 0.1) is 0 Å². The predicted octanol–water partition coefficient (Wildman–Crippen LogP) is 2.79. The molecule has 1 heterocycles. The molecule has 0 aliphatic rings. The van der Waals surface area contributed by atoms with Gasteiger partial charge >= 0.3 is 5.97 Å². The molecule has 0 fully saturated rings. The Morgan fingerprint density at radius 1 is 1.35 bits per heavy atom. The molecule has 0 saturated carbocycles. The SMILES string of the molecule is Nc1ncc(-c2ccccc2Br)cc1C(=O)O. The van der Waals surface area contributed by atoms with Gasteiger partial charge in [0.1, 0.15) is 11.4 Å². The fourth-order valence-corrected chi connectivity index (χ4v) is 2.00. The summed E-state index contributed by atoms with van der Waals surface area (Å²) in [4.78, 5) is 14.9. The summed E-state index contributed by atoms with van der Waals surface area (Å²) in [6, 6.07) is 9.03. The van der Waals surface area contributed by atoms with E-state index in [1.807, 2.05) is 24.3 Å². The molecular weight excluding hydrogens is 284 g/mol. The second-order valence-corrected chi connectivity index (χ2v) is 4.30. The summed E-state index contributed by atoms with van der Waals surface area (Å²) in [6.45, 7) is 0. The van der Waals surface area contributed by atoms with Gasteiger partial charge in [0, 0.05) is 16.2 Å². The number of hydrogen-bond acceptors (Lipinski definition) is 3. The summed E-state index contributed by atoms with van der Waals surface area (Å²) in [5.74, 6) is -1.06. The van der Waals surface area contributed by atoms with Gasteiger partial charge < -0.3 is 10.8 Å². The Hall–Kier alpha value is -1.88. The van der Waals surface area contributed by atoms with Gasteiger partial charge in [0.05, 0.1) is 0 Å². The van der Waals surface area contributed by atoms with Crippen molar-refractivity contribution in [1.29, 1.82) is 0 Å². The van der Waals surface area contributed by atoms with Crippen LogP contribution in [0.3, 0.4) is 0 Å². The molecule has 0 spiro atoms. The lowest BCUT2D eigenvalue weighted by Gasteiger charge is -2.06. The van der Waals surface area contributed by atoms with Crippen molar-refractivity contribution in [3.8, 4) is 11.1 Å². The standard InChI is InChI=1S/C12H9BrN2O2/c13-10-4-2-1-3-8(10)7-5-9(12(16)17)11(14)15-6-7/h1-6H,(H2,14,15)(H,16,17). The fraction of sp³-hybridized carbons (Fsp3) is 0. The normalized spacial score (nSPS) is 10.2. The van der Waals surface area contributed by atoms with Crippen LogP contribution in [0.5, 0.6) is 0 Å². The number of nitrogen functional groups attached to an aromatic ring is 1. The Morgan fingerprint density at radius 2 is 2.06 bits per heavy atom. The van der Waals surface area contributed by atoms with Crippen molar-refractivity contribution in [2.24, 2.45) is 0 Å². The number of benzene rings is 1. The van der Waals surface area contributed by atoms with Gasteiger partial charge in [-0.2, -0.15) is 0 Å². The van der Waals surface area contributed by atoms with Crippen molar-refractivity contribution < 1.29 is 9.90 Å². The number of nitrogens with two attached hydrogens (primary N) is 1. The first-order chi connectivity index (χ1) is 8.09. The number of pyridine rings is 1. The minimum atomic E-state index is -1.08. The number of halogens is 1. The Labute approximate surface area is 106 Å². The molecule has 17 heavy (non-hydrogen) atoms. The smallest absolute Gasteiger partial charge is 0.339 e. The zero-order valence-corrected chi connectivity index (χ0v) is 10.3. The molecule has 1 aromatic carbocycles. The molecule has 0 aliphatic heterocycles. The highest BCUT2D eigenvalue weighted by Gasteiger charge is 2.11. The maximum Gasteiger partial charge on any atom is 0.339 e. The highest BCUT2D eigenvalue weighted by Crippen LogP contribution is 2.28. The van der Waals surface area contributed by atoms with Crippen LogP contribution >= 0.6 is 15.9 Å². The molecule has 4 nitrogen and oxygen atoms in total. The van der Waals surface area contributed by atoms with E-state index < -0.39 is 5.97 Å². The van der Waals surface area contributed by atoms with Crippen molar-refractivity contribution in [3.63, 3.8) is 0 Å². The highest BCUT2D eigenvalue weighted by atomic mass is 79.9. The lowest BCUT2D eigenvalue weighted by Crippen LogP contribution is -2.04. The second kappa shape index (κ2) is 4.55. The lowest BCUT2D eigenvalue weighted by atomic mass is 10.1. The first kappa shape index (κ1) is 11.6. The van der Waals surface area contributed by atoms with Crippen LogP contribution in [0.15, 0.2) is 41.0 Å². The van der Waals surface area contributed by atoms with Crippen molar-refractivity contribution in [2.45, 2.75) is 0 Å². The van der Waals surface area contributed by atoms with Crippen LogP contribution in [-0.4, -0.2) is 16.1 Å². The molecule has 0 bridgehead atoms. The molecule has 3 N–H and O–H groups in total. The minimum Gasteiger partial charge on any atom is -0.478 e. The average molecular weight is 293 g/mol. The summed E-state index contributed by atoms with van der Waals surface area (Å²) in [5, 5.41) is 8.97. The van der Waals surface area contributed by atoms with E-state index in [-0.39, 0.29) is 11.4 Å². The quantitative estimate of drug-likeness (QED) is 0.892. The monoisotopic (exact) mass is 292 g/mol. The van der Waals surface area contributed by atoms with E-state index in [4.69, 9.17) is 10.8 Å². The maximum absolute atomic E-state index is 11.0. The number of nitrogens with zero attached hydrogens (tertiary/aromatic N) is 1. The van der Waals surface area contributed by atoms with E-state index in [2.05, 4.69) is 20.9 Å². The predicted molar refractivity (Wildman–Crippen MR) is 68.7 cm³/mol. The molecule has 1 aromatic heterocycles. The van der Waals surface area contributed by atoms with Gasteiger partial charge in [0.25, 0.3) is 0 Å². The Balaban J connectivity index is 2.58. The van der Waals surface area contributed by atoms with E-state index in [0.29, 0.717) is 5.56 Å².